The van der Waals surface area contributed by atoms with Gasteiger partial charge in [-0.1, -0.05) is 0 Å². The zero-order valence-corrected chi connectivity index (χ0v) is 23.0. The van der Waals surface area contributed by atoms with Gasteiger partial charge in [-0.05, 0) is 10.9 Å². The van der Waals surface area contributed by atoms with Crippen molar-refractivity contribution in [3.05, 3.63) is 122 Å². The monoisotopic (exact) mass is 758 g/mol. The summed E-state index contributed by atoms with van der Waals surface area (Å²) >= 11 is 0. The Balaban J connectivity index is 2.00. The molecule has 0 fully saturated rings. The van der Waals surface area contributed by atoms with Gasteiger partial charge < -0.3 is 0 Å². The maximum atomic E-state index is 16.0. The van der Waals surface area contributed by atoms with Crippen LogP contribution in [0.4, 0.5) is 92.2 Å². The molecule has 0 amide bonds. The van der Waals surface area contributed by atoms with Gasteiger partial charge in [-0.2, -0.15) is 8.78 Å². The number of halogens is 21. The second-order valence-corrected chi connectivity index (χ2v) is 10.5. The van der Waals surface area contributed by atoms with Gasteiger partial charge in [0.05, 0.1) is 10.9 Å². The Morgan fingerprint density at radius 1 is 0.255 bits per heavy atom. The first kappa shape index (κ1) is 35.8. The van der Waals surface area contributed by atoms with Gasteiger partial charge in [0, 0.05) is 27.5 Å². The van der Waals surface area contributed by atoms with Gasteiger partial charge in [0.2, 0.25) is 0 Å². The Bertz CT molecular complexity index is 2420. The number of hydrogen-bond acceptors (Lipinski definition) is 0. The summed E-state index contributed by atoms with van der Waals surface area (Å²) < 4.78 is 314. The van der Waals surface area contributed by atoms with Gasteiger partial charge in [0.15, 0.2) is 111 Å². The molecule has 51 heavy (non-hydrogen) atoms. The van der Waals surface area contributed by atoms with Crippen LogP contribution in [0.1, 0.15) is 11.1 Å². The summed E-state index contributed by atoms with van der Waals surface area (Å²) in [5, 5.41) is -5.41. The first-order valence-electron chi connectivity index (χ1n) is 12.8. The summed E-state index contributed by atoms with van der Waals surface area (Å²) in [7, 11) is 0. The summed E-state index contributed by atoms with van der Waals surface area (Å²) in [6, 6.07) is 0. The molecule has 5 aromatic carbocycles. The van der Waals surface area contributed by atoms with Crippen molar-refractivity contribution in [2.24, 2.45) is 0 Å². The van der Waals surface area contributed by atoms with Crippen LogP contribution in [-0.2, 0) is 5.92 Å². The maximum absolute atomic E-state index is 16.0. The normalized spacial score (nSPS) is 13.4. The molecule has 0 saturated heterocycles. The van der Waals surface area contributed by atoms with E-state index in [1.54, 1.807) is 0 Å². The lowest BCUT2D eigenvalue weighted by Gasteiger charge is -2.26. The Morgan fingerprint density at radius 2 is 0.549 bits per heavy atom. The highest BCUT2D eigenvalue weighted by atomic mass is 19.3. The molecule has 266 valence electrons. The van der Waals surface area contributed by atoms with Crippen molar-refractivity contribution in [1.82, 2.24) is 0 Å². The Hall–Kier alpha value is -5.05. The van der Waals surface area contributed by atoms with Crippen LogP contribution < -0.4 is 16.4 Å². The summed E-state index contributed by atoms with van der Waals surface area (Å²) in [4.78, 5) is 0. The molecular weight excluding hydrogens is 758 g/mol. The zero-order chi connectivity index (χ0) is 38.2. The average molecular weight is 758 g/mol. The third kappa shape index (κ3) is 4.30. The fourth-order valence-corrected chi connectivity index (χ4v) is 5.90. The van der Waals surface area contributed by atoms with Crippen molar-refractivity contribution in [2.75, 3.05) is 0 Å². The topological polar surface area (TPSA) is 0 Å². The summed E-state index contributed by atoms with van der Waals surface area (Å²) in [5.74, 6) is -67.1. The molecule has 0 heterocycles. The SMILES string of the molecule is Fc1c(F)c(F)c(B(c2c(F)c(F)c(F)c3c2C(F)(F)c2c(F)c(F)c(F)c(F)c2-3)c2c(F)c(F)c(F)c3c(F)c(F)c(F)c(F)c23)c(F)c1F. The number of hydrogen-bond donors (Lipinski definition) is 0. The number of benzene rings is 5. The van der Waals surface area contributed by atoms with Gasteiger partial charge in [0.25, 0.3) is 6.71 Å². The molecule has 0 radical (unpaired) electrons. The Kier molecular flexibility index (Phi) is 7.87. The number of alkyl halides is 2. The Morgan fingerprint density at radius 3 is 1.04 bits per heavy atom. The van der Waals surface area contributed by atoms with Crippen LogP contribution in [0.5, 0.6) is 0 Å². The van der Waals surface area contributed by atoms with Crippen molar-refractivity contribution in [3.8, 4) is 11.1 Å². The molecular formula is C29BF21. The van der Waals surface area contributed by atoms with Gasteiger partial charge >= 0.3 is 5.92 Å². The van der Waals surface area contributed by atoms with Crippen LogP contribution >= 0.6 is 0 Å². The largest absolute Gasteiger partial charge is 0.302 e. The number of fused-ring (bicyclic) bond motifs is 4. The molecule has 1 aliphatic carbocycles. The van der Waals surface area contributed by atoms with E-state index >= 15 is 39.5 Å². The van der Waals surface area contributed by atoms with Crippen molar-refractivity contribution in [3.63, 3.8) is 0 Å². The van der Waals surface area contributed by atoms with E-state index in [9.17, 15) is 52.7 Å². The Labute approximate surface area is 265 Å². The van der Waals surface area contributed by atoms with Gasteiger partial charge in [0.1, 0.15) is 0 Å². The summed E-state index contributed by atoms with van der Waals surface area (Å²) in [6.07, 6.45) is 0. The van der Waals surface area contributed by atoms with Crippen LogP contribution in [0.25, 0.3) is 21.9 Å². The quantitative estimate of drug-likeness (QED) is 0.0756. The second kappa shape index (κ2) is 11.2. The molecule has 0 unspecified atom stereocenters. The van der Waals surface area contributed by atoms with Crippen LogP contribution in [0, 0.1) is 111 Å². The molecule has 0 aliphatic heterocycles. The lowest BCUT2D eigenvalue weighted by molar-refractivity contribution is 0.0435. The molecule has 0 atom stereocenters. The van der Waals surface area contributed by atoms with E-state index in [4.69, 9.17) is 0 Å². The molecule has 5 aromatic rings. The van der Waals surface area contributed by atoms with Crippen molar-refractivity contribution in [2.45, 2.75) is 5.92 Å². The smallest absolute Gasteiger partial charge is 0.204 e. The molecule has 22 heteroatoms. The highest BCUT2D eigenvalue weighted by Crippen LogP contribution is 2.55. The van der Waals surface area contributed by atoms with E-state index in [0.29, 0.717) is 0 Å². The minimum atomic E-state index is -5.93. The predicted molar refractivity (Wildman–Crippen MR) is 129 cm³/mol. The molecule has 1 aliphatic rings. The van der Waals surface area contributed by atoms with E-state index in [-0.39, 0.29) is 0 Å². The third-order valence-electron chi connectivity index (χ3n) is 7.99. The van der Waals surface area contributed by atoms with Crippen molar-refractivity contribution >= 4 is 33.9 Å². The lowest BCUT2D eigenvalue weighted by atomic mass is 9.34. The van der Waals surface area contributed by atoms with E-state index in [2.05, 4.69) is 0 Å². The van der Waals surface area contributed by atoms with Crippen LogP contribution in [0.15, 0.2) is 0 Å². The maximum Gasteiger partial charge on any atom is 0.302 e. The third-order valence-corrected chi connectivity index (χ3v) is 7.99. The molecule has 0 spiro atoms. The van der Waals surface area contributed by atoms with Crippen molar-refractivity contribution in [1.29, 1.82) is 0 Å². The highest BCUT2D eigenvalue weighted by molar-refractivity contribution is 6.97. The highest BCUT2D eigenvalue weighted by Gasteiger charge is 2.57. The molecule has 0 bridgehead atoms. The van der Waals surface area contributed by atoms with E-state index in [1.807, 2.05) is 0 Å². The molecule has 6 rings (SSSR count). The van der Waals surface area contributed by atoms with Crippen molar-refractivity contribution < 1.29 is 92.2 Å². The average Bonchev–Trinajstić information content (AvgIpc) is 3.33. The molecule has 0 N–H and O–H groups in total. The van der Waals surface area contributed by atoms with Crippen LogP contribution in [0.3, 0.4) is 0 Å². The zero-order valence-electron chi connectivity index (χ0n) is 23.0. The van der Waals surface area contributed by atoms with Crippen LogP contribution in [0.2, 0.25) is 0 Å². The number of rotatable bonds is 3. The van der Waals surface area contributed by atoms with Crippen LogP contribution in [-0.4, -0.2) is 6.71 Å². The minimum absolute atomic E-state index is 2.55. The van der Waals surface area contributed by atoms with Gasteiger partial charge in [-0.25, -0.2) is 83.4 Å². The standard InChI is InChI=1S/C29BF21/c31-10-1-2-6(15(36)25(46)22(43)11(2)32)29(50,51)5(1)8(17(38)20(10)41)30(9-18(39)26(47)28(49)27(48)19(9)40)7-3-4(13(34)21(42)16(7)37)14(35)24(45)23(44)12(3)33. The summed E-state index contributed by atoms with van der Waals surface area (Å²) in [6.45, 7) is -4.49. The van der Waals surface area contributed by atoms with E-state index in [1.165, 1.54) is 0 Å². The first-order chi connectivity index (χ1) is 23.5. The van der Waals surface area contributed by atoms with E-state index < -0.39 is 173 Å². The molecule has 0 nitrogen and oxygen atoms in total. The lowest BCUT2D eigenvalue weighted by Crippen LogP contribution is -2.60. The predicted octanol–water partition coefficient (Wildman–Crippen LogP) is 8.12. The fraction of sp³-hybridized carbons (Fsp3) is 0.0345. The van der Waals surface area contributed by atoms with Gasteiger partial charge in [-0.15, -0.1) is 0 Å². The first-order valence-corrected chi connectivity index (χ1v) is 12.8. The molecule has 0 aromatic heterocycles. The van der Waals surface area contributed by atoms with E-state index in [0.717, 1.165) is 0 Å². The fourth-order valence-electron chi connectivity index (χ4n) is 5.90. The second-order valence-electron chi connectivity index (χ2n) is 10.5. The summed E-state index contributed by atoms with van der Waals surface area (Å²) in [5.41, 5.74) is -20.1. The molecule has 0 saturated carbocycles. The minimum Gasteiger partial charge on any atom is -0.204 e. The van der Waals surface area contributed by atoms with Gasteiger partial charge in [-0.3, -0.25) is 0 Å².